The average molecular weight is 372 g/mol. The molecular formula is C15H25Cl3N2S. The summed E-state index contributed by atoms with van der Waals surface area (Å²) >= 11 is 10.2. The van der Waals surface area contributed by atoms with Gasteiger partial charge in [-0.3, -0.25) is 0 Å². The highest BCUT2D eigenvalue weighted by Gasteiger charge is 2.15. The lowest BCUT2D eigenvalue weighted by Gasteiger charge is -2.34. The van der Waals surface area contributed by atoms with Crippen LogP contribution in [0.1, 0.15) is 12.0 Å². The lowest BCUT2D eigenvalue weighted by Crippen LogP contribution is -2.47. The first-order valence-corrected chi connectivity index (χ1v) is 8.09. The quantitative estimate of drug-likeness (QED) is 0.762. The Morgan fingerprint density at radius 1 is 0.905 bits per heavy atom. The molecule has 1 heterocycles. The molecule has 0 saturated carbocycles. The normalized spacial score (nSPS) is 16.1. The van der Waals surface area contributed by atoms with Gasteiger partial charge in [-0.15, -0.1) is 24.8 Å². The molecule has 1 saturated heterocycles. The van der Waals surface area contributed by atoms with Gasteiger partial charge in [0.1, 0.15) is 0 Å². The van der Waals surface area contributed by atoms with E-state index in [0.29, 0.717) is 0 Å². The van der Waals surface area contributed by atoms with Crippen LogP contribution in [0.15, 0.2) is 24.3 Å². The lowest BCUT2D eigenvalue weighted by molar-refractivity contribution is 0.134. The van der Waals surface area contributed by atoms with Crippen molar-refractivity contribution in [3.63, 3.8) is 0 Å². The summed E-state index contributed by atoms with van der Waals surface area (Å²) in [5.74, 6) is 0.997. The van der Waals surface area contributed by atoms with Gasteiger partial charge in [-0.1, -0.05) is 23.7 Å². The minimum absolute atomic E-state index is 0. The van der Waals surface area contributed by atoms with E-state index in [4.69, 9.17) is 11.6 Å². The first-order valence-electron chi connectivity index (χ1n) is 7.08. The monoisotopic (exact) mass is 370 g/mol. The van der Waals surface area contributed by atoms with E-state index in [1.807, 2.05) is 12.1 Å². The number of nitrogens with zero attached hydrogens (tertiary/aromatic N) is 2. The number of hydrogen-bond acceptors (Lipinski definition) is 3. The second-order valence-electron chi connectivity index (χ2n) is 5.14. The molecular weight excluding hydrogens is 347 g/mol. The second kappa shape index (κ2) is 11.9. The number of benzene rings is 1. The lowest BCUT2D eigenvalue weighted by atomic mass is 10.1. The molecule has 2 nitrogen and oxygen atoms in total. The Balaban J connectivity index is 0.00000200. The Morgan fingerprint density at radius 2 is 1.43 bits per heavy atom. The molecule has 0 aliphatic carbocycles. The molecule has 0 radical (unpaired) electrons. The number of hydrogen-bond donors (Lipinski definition) is 1. The van der Waals surface area contributed by atoms with Crippen molar-refractivity contribution in [3.8, 4) is 0 Å². The van der Waals surface area contributed by atoms with Crippen LogP contribution in [0.4, 0.5) is 0 Å². The molecule has 6 heteroatoms. The molecule has 1 aromatic carbocycles. The van der Waals surface area contributed by atoms with Crippen LogP contribution in [-0.4, -0.2) is 54.8 Å². The van der Waals surface area contributed by atoms with Crippen LogP contribution in [0.3, 0.4) is 0 Å². The number of thiol groups is 1. The summed E-state index contributed by atoms with van der Waals surface area (Å²) < 4.78 is 0. The summed E-state index contributed by atoms with van der Waals surface area (Å²) in [6.07, 6.45) is 2.32. The fourth-order valence-electron chi connectivity index (χ4n) is 2.47. The maximum atomic E-state index is 5.90. The maximum Gasteiger partial charge on any atom is 0.0406 e. The molecule has 1 fully saturated rings. The van der Waals surface area contributed by atoms with Gasteiger partial charge < -0.3 is 9.80 Å². The van der Waals surface area contributed by atoms with E-state index < -0.39 is 0 Å². The summed E-state index contributed by atoms with van der Waals surface area (Å²) in [6.45, 7) is 7.15. The summed E-state index contributed by atoms with van der Waals surface area (Å²) in [5, 5.41) is 0.821. The van der Waals surface area contributed by atoms with Crippen molar-refractivity contribution < 1.29 is 0 Å². The zero-order valence-corrected chi connectivity index (χ0v) is 15.5. The highest BCUT2D eigenvalue weighted by molar-refractivity contribution is 7.80. The predicted octanol–water partition coefficient (Wildman–Crippen LogP) is 3.66. The van der Waals surface area contributed by atoms with E-state index in [2.05, 4.69) is 34.6 Å². The van der Waals surface area contributed by atoms with E-state index in [1.165, 1.54) is 44.7 Å². The molecule has 0 amide bonds. The molecule has 0 atom stereocenters. The second-order valence-corrected chi connectivity index (χ2v) is 6.02. The molecule has 21 heavy (non-hydrogen) atoms. The highest BCUT2D eigenvalue weighted by atomic mass is 35.5. The van der Waals surface area contributed by atoms with Crippen molar-refractivity contribution in [1.29, 1.82) is 0 Å². The molecule has 0 spiro atoms. The smallest absolute Gasteiger partial charge is 0.0406 e. The predicted molar refractivity (Wildman–Crippen MR) is 101 cm³/mol. The Kier molecular flexibility index (Phi) is 12.1. The summed E-state index contributed by atoms with van der Waals surface area (Å²) in [4.78, 5) is 5.11. The van der Waals surface area contributed by atoms with Crippen molar-refractivity contribution in [2.24, 2.45) is 0 Å². The minimum atomic E-state index is 0. The molecule has 122 valence electrons. The van der Waals surface area contributed by atoms with Gasteiger partial charge in [0.25, 0.3) is 0 Å². The molecule has 1 aliphatic rings. The standard InChI is InChI=1S/C15H23ClN2S.2ClH/c16-15-4-2-14(3-5-15)6-8-18-11-9-17(10-12-18)7-1-13-19;;/h2-5,19H,1,6-13H2;2*1H. The zero-order chi connectivity index (χ0) is 13.5. The van der Waals surface area contributed by atoms with Gasteiger partial charge in [0.05, 0.1) is 0 Å². The maximum absolute atomic E-state index is 5.90. The first kappa shape index (κ1) is 21.4. The summed E-state index contributed by atoms with van der Waals surface area (Å²) in [6, 6.07) is 8.22. The van der Waals surface area contributed by atoms with Gasteiger partial charge in [0, 0.05) is 37.7 Å². The third kappa shape index (κ3) is 7.96. The van der Waals surface area contributed by atoms with E-state index in [0.717, 1.165) is 23.7 Å². The molecule has 0 unspecified atom stereocenters. The molecule has 0 aromatic heterocycles. The van der Waals surface area contributed by atoms with E-state index in [9.17, 15) is 0 Å². The average Bonchev–Trinajstić information content (AvgIpc) is 2.46. The fraction of sp³-hybridized carbons (Fsp3) is 0.600. The third-order valence-electron chi connectivity index (χ3n) is 3.73. The minimum Gasteiger partial charge on any atom is -0.301 e. The van der Waals surface area contributed by atoms with Crippen LogP contribution < -0.4 is 0 Å². The van der Waals surface area contributed by atoms with Crippen molar-refractivity contribution in [3.05, 3.63) is 34.9 Å². The van der Waals surface area contributed by atoms with Crippen LogP contribution in [0.5, 0.6) is 0 Å². The fourth-order valence-corrected chi connectivity index (χ4v) is 2.74. The van der Waals surface area contributed by atoms with Crippen LogP contribution in [0.25, 0.3) is 0 Å². The van der Waals surface area contributed by atoms with Crippen LogP contribution in [-0.2, 0) is 6.42 Å². The van der Waals surface area contributed by atoms with Gasteiger partial charge in [-0.25, -0.2) is 0 Å². The van der Waals surface area contributed by atoms with Gasteiger partial charge in [0.2, 0.25) is 0 Å². The molecule has 0 N–H and O–H groups in total. The number of piperazine rings is 1. The summed E-state index contributed by atoms with van der Waals surface area (Å²) in [7, 11) is 0. The largest absolute Gasteiger partial charge is 0.301 e. The van der Waals surface area contributed by atoms with Gasteiger partial charge in [0.15, 0.2) is 0 Å². The van der Waals surface area contributed by atoms with Gasteiger partial charge in [-0.2, -0.15) is 12.6 Å². The van der Waals surface area contributed by atoms with Crippen LogP contribution >= 0.6 is 49.0 Å². The van der Waals surface area contributed by atoms with Crippen molar-refractivity contribution >= 4 is 49.0 Å². The first-order chi connectivity index (χ1) is 9.28. The van der Waals surface area contributed by atoms with Gasteiger partial charge >= 0.3 is 0 Å². The van der Waals surface area contributed by atoms with E-state index in [1.54, 1.807) is 0 Å². The van der Waals surface area contributed by atoms with E-state index in [-0.39, 0.29) is 24.8 Å². The van der Waals surface area contributed by atoms with Crippen molar-refractivity contribution in [2.45, 2.75) is 12.8 Å². The molecule has 1 aromatic rings. The highest BCUT2D eigenvalue weighted by Crippen LogP contribution is 2.11. The van der Waals surface area contributed by atoms with Crippen molar-refractivity contribution in [1.82, 2.24) is 9.80 Å². The Bertz CT molecular complexity index is 368. The molecule has 2 rings (SSSR count). The Labute approximate surface area is 151 Å². The topological polar surface area (TPSA) is 6.48 Å². The molecule has 1 aliphatic heterocycles. The van der Waals surface area contributed by atoms with Crippen LogP contribution in [0, 0.1) is 0 Å². The van der Waals surface area contributed by atoms with Gasteiger partial charge in [-0.05, 0) is 42.8 Å². The third-order valence-corrected chi connectivity index (χ3v) is 4.30. The number of halogens is 3. The van der Waals surface area contributed by atoms with Crippen molar-refractivity contribution in [2.75, 3.05) is 45.0 Å². The van der Waals surface area contributed by atoms with E-state index >= 15 is 0 Å². The summed E-state index contributed by atoms with van der Waals surface area (Å²) in [5.41, 5.74) is 1.38. The zero-order valence-electron chi connectivity index (χ0n) is 12.2. The Hall–Kier alpha value is 0.360. The molecule has 0 bridgehead atoms. The SMILES string of the molecule is Cl.Cl.SCCCN1CCN(CCc2ccc(Cl)cc2)CC1. The number of rotatable bonds is 6. The van der Waals surface area contributed by atoms with Crippen LogP contribution in [0.2, 0.25) is 5.02 Å². The Morgan fingerprint density at radius 3 is 1.95 bits per heavy atom.